The first kappa shape index (κ1) is 15.0. The summed E-state index contributed by atoms with van der Waals surface area (Å²) in [5, 5.41) is 3.56. The molecule has 1 atom stereocenters. The summed E-state index contributed by atoms with van der Waals surface area (Å²) < 4.78 is 35.4. The number of fused-ring (bicyclic) bond motifs is 1. The Morgan fingerprint density at radius 2 is 2.24 bits per heavy atom. The number of benzene rings is 1. The van der Waals surface area contributed by atoms with E-state index < -0.39 is 10.0 Å². The number of piperidine rings is 1. The Hall–Kier alpha value is -0.960. The Labute approximate surface area is 132 Å². The number of anilines is 1. The molecule has 1 aromatic carbocycles. The van der Waals surface area contributed by atoms with Gasteiger partial charge in [-0.3, -0.25) is 4.72 Å². The van der Waals surface area contributed by atoms with Crippen LogP contribution in [0.4, 0.5) is 5.69 Å². The summed E-state index contributed by atoms with van der Waals surface area (Å²) in [6.07, 6.45) is 3.02. The van der Waals surface area contributed by atoms with E-state index in [-0.39, 0.29) is 11.8 Å². The average molecular weight is 347 g/mol. The topological polar surface area (TPSA) is 84.0 Å². The van der Waals surface area contributed by atoms with Crippen molar-refractivity contribution < 1.29 is 8.42 Å². The molecule has 2 aromatic rings. The number of rotatable bonds is 4. The highest BCUT2D eigenvalue weighted by molar-refractivity contribution is 7.92. The van der Waals surface area contributed by atoms with Crippen LogP contribution < -0.4 is 10.0 Å². The van der Waals surface area contributed by atoms with Crippen molar-refractivity contribution in [1.82, 2.24) is 14.1 Å². The molecule has 1 aromatic heterocycles. The fourth-order valence-electron chi connectivity index (χ4n) is 2.45. The SMILES string of the molecule is O=S(=O)(CC1CCCCN1)Nc1c(Cl)ccc2nsnc12. The standard InChI is InChI=1S/C12H15ClN4O2S2/c13-9-4-5-10-12(16-20-15-10)11(9)17-21(18,19)7-8-3-1-2-6-14-8/h4-5,8,14,17H,1-3,6-7H2. The fourth-order valence-corrected chi connectivity index (χ4v) is 4.67. The minimum atomic E-state index is -3.49. The number of sulfonamides is 1. The average Bonchev–Trinajstić information content (AvgIpc) is 2.91. The lowest BCUT2D eigenvalue weighted by Gasteiger charge is -2.23. The zero-order chi connectivity index (χ0) is 14.9. The van der Waals surface area contributed by atoms with Gasteiger partial charge in [0.15, 0.2) is 0 Å². The van der Waals surface area contributed by atoms with Gasteiger partial charge >= 0.3 is 0 Å². The predicted octanol–water partition coefficient (Wildman–Crippen LogP) is 2.23. The summed E-state index contributed by atoms with van der Waals surface area (Å²) in [4.78, 5) is 0. The molecule has 3 rings (SSSR count). The maximum Gasteiger partial charge on any atom is 0.234 e. The van der Waals surface area contributed by atoms with Crippen LogP contribution in [0.15, 0.2) is 12.1 Å². The Balaban J connectivity index is 1.83. The van der Waals surface area contributed by atoms with Crippen molar-refractivity contribution >= 4 is 50.1 Å². The first-order valence-corrected chi connectivity index (χ1v) is 9.46. The van der Waals surface area contributed by atoms with E-state index in [1.54, 1.807) is 12.1 Å². The van der Waals surface area contributed by atoms with Crippen molar-refractivity contribution in [1.29, 1.82) is 0 Å². The zero-order valence-corrected chi connectivity index (χ0v) is 13.6. The maximum absolute atomic E-state index is 12.3. The van der Waals surface area contributed by atoms with Crippen molar-refractivity contribution in [3.8, 4) is 0 Å². The zero-order valence-electron chi connectivity index (χ0n) is 11.2. The second-order valence-corrected chi connectivity index (χ2v) is 7.79. The highest BCUT2D eigenvalue weighted by atomic mass is 35.5. The summed E-state index contributed by atoms with van der Waals surface area (Å²) in [7, 11) is -3.49. The molecule has 1 aliphatic rings. The summed E-state index contributed by atoms with van der Waals surface area (Å²) in [5.41, 5.74) is 1.45. The molecular weight excluding hydrogens is 332 g/mol. The molecule has 114 valence electrons. The van der Waals surface area contributed by atoms with Crippen LogP contribution in [-0.2, 0) is 10.0 Å². The van der Waals surface area contributed by atoms with Crippen LogP contribution >= 0.6 is 23.3 Å². The number of halogens is 1. The van der Waals surface area contributed by atoms with Crippen LogP contribution in [0.1, 0.15) is 19.3 Å². The molecule has 0 amide bonds. The Bertz CT molecular complexity index is 741. The number of nitrogens with zero attached hydrogens (tertiary/aromatic N) is 2. The second-order valence-electron chi connectivity index (χ2n) is 5.08. The second kappa shape index (κ2) is 6.04. The first-order valence-electron chi connectivity index (χ1n) is 6.70. The van der Waals surface area contributed by atoms with Gasteiger partial charge in [-0.1, -0.05) is 18.0 Å². The maximum atomic E-state index is 12.3. The van der Waals surface area contributed by atoms with Crippen LogP contribution in [0.2, 0.25) is 5.02 Å². The van der Waals surface area contributed by atoms with E-state index in [1.807, 2.05) is 0 Å². The van der Waals surface area contributed by atoms with Crippen molar-refractivity contribution in [2.24, 2.45) is 0 Å². The van der Waals surface area contributed by atoms with Gasteiger partial charge in [0.25, 0.3) is 0 Å². The van der Waals surface area contributed by atoms with Gasteiger partial charge in [-0.05, 0) is 31.5 Å². The van der Waals surface area contributed by atoms with Crippen LogP contribution in [0.25, 0.3) is 11.0 Å². The molecule has 0 radical (unpaired) electrons. The largest absolute Gasteiger partial charge is 0.313 e. The van der Waals surface area contributed by atoms with Crippen LogP contribution in [0, 0.1) is 0 Å². The molecule has 1 aliphatic heterocycles. The lowest BCUT2D eigenvalue weighted by molar-refractivity contribution is 0.424. The Kier molecular flexibility index (Phi) is 4.30. The molecule has 9 heteroatoms. The van der Waals surface area contributed by atoms with Crippen LogP contribution in [0.5, 0.6) is 0 Å². The van der Waals surface area contributed by atoms with Gasteiger partial charge in [0.05, 0.1) is 28.2 Å². The molecule has 21 heavy (non-hydrogen) atoms. The van der Waals surface area contributed by atoms with Crippen molar-refractivity contribution in [2.45, 2.75) is 25.3 Å². The molecule has 2 heterocycles. The molecule has 1 unspecified atom stereocenters. The van der Waals surface area contributed by atoms with Gasteiger partial charge < -0.3 is 5.32 Å². The Morgan fingerprint density at radius 3 is 3.00 bits per heavy atom. The summed E-state index contributed by atoms with van der Waals surface area (Å²) in [5.74, 6) is 0.0390. The van der Waals surface area contributed by atoms with E-state index in [4.69, 9.17) is 11.6 Å². The predicted molar refractivity (Wildman–Crippen MR) is 85.5 cm³/mol. The monoisotopic (exact) mass is 346 g/mol. The number of nitrogens with one attached hydrogen (secondary N) is 2. The number of hydrogen-bond acceptors (Lipinski definition) is 6. The summed E-state index contributed by atoms with van der Waals surface area (Å²) >= 11 is 7.13. The van der Waals surface area contributed by atoms with E-state index in [0.29, 0.717) is 21.7 Å². The smallest absolute Gasteiger partial charge is 0.234 e. The third-order valence-electron chi connectivity index (χ3n) is 3.47. The van der Waals surface area contributed by atoms with Gasteiger partial charge in [0, 0.05) is 6.04 Å². The lowest BCUT2D eigenvalue weighted by atomic mass is 10.1. The van der Waals surface area contributed by atoms with Crippen LogP contribution in [-0.4, -0.2) is 35.5 Å². The van der Waals surface area contributed by atoms with Crippen molar-refractivity contribution in [3.63, 3.8) is 0 Å². The first-order chi connectivity index (χ1) is 10.1. The highest BCUT2D eigenvalue weighted by Gasteiger charge is 2.23. The third kappa shape index (κ3) is 3.45. The van der Waals surface area contributed by atoms with Crippen LogP contribution in [0.3, 0.4) is 0 Å². The van der Waals surface area contributed by atoms with Crippen molar-refractivity contribution in [3.05, 3.63) is 17.2 Å². The third-order valence-corrected chi connectivity index (χ3v) is 5.68. The number of hydrogen-bond donors (Lipinski definition) is 2. The quantitative estimate of drug-likeness (QED) is 0.886. The minimum Gasteiger partial charge on any atom is -0.313 e. The van der Waals surface area contributed by atoms with E-state index in [9.17, 15) is 8.42 Å². The molecule has 6 nitrogen and oxygen atoms in total. The van der Waals surface area contributed by atoms with Gasteiger partial charge in [-0.25, -0.2) is 8.42 Å². The lowest BCUT2D eigenvalue weighted by Crippen LogP contribution is -2.40. The Morgan fingerprint density at radius 1 is 1.38 bits per heavy atom. The van der Waals surface area contributed by atoms with Gasteiger partial charge in [-0.15, -0.1) is 0 Å². The highest BCUT2D eigenvalue weighted by Crippen LogP contribution is 2.30. The molecule has 0 saturated carbocycles. The van der Waals surface area contributed by atoms with Gasteiger partial charge in [-0.2, -0.15) is 8.75 Å². The van der Waals surface area contributed by atoms with E-state index in [1.165, 1.54) is 0 Å². The molecular formula is C12H15ClN4O2S2. The van der Waals surface area contributed by atoms with E-state index in [0.717, 1.165) is 37.5 Å². The van der Waals surface area contributed by atoms with Gasteiger partial charge in [0.1, 0.15) is 11.0 Å². The van der Waals surface area contributed by atoms with E-state index >= 15 is 0 Å². The molecule has 1 saturated heterocycles. The van der Waals surface area contributed by atoms with E-state index in [2.05, 4.69) is 18.8 Å². The fraction of sp³-hybridized carbons (Fsp3) is 0.500. The van der Waals surface area contributed by atoms with Crippen molar-refractivity contribution in [2.75, 3.05) is 17.0 Å². The summed E-state index contributed by atoms with van der Waals surface area (Å²) in [6.45, 7) is 0.868. The number of aromatic nitrogens is 2. The molecule has 1 fully saturated rings. The molecule has 0 aliphatic carbocycles. The summed E-state index contributed by atoms with van der Waals surface area (Å²) in [6, 6.07) is 3.34. The normalized spacial score (nSPS) is 19.8. The molecule has 0 spiro atoms. The minimum absolute atomic E-state index is 0.0113. The molecule has 2 N–H and O–H groups in total. The molecule has 0 bridgehead atoms. The van der Waals surface area contributed by atoms with Gasteiger partial charge in [0.2, 0.25) is 10.0 Å².